The maximum absolute atomic E-state index is 11.8. The van der Waals surface area contributed by atoms with Gasteiger partial charge in [0.15, 0.2) is 30.9 Å². The molecule has 0 aromatic heterocycles. The second kappa shape index (κ2) is 18.3. The predicted molar refractivity (Wildman–Crippen MR) is 225 cm³/mol. The van der Waals surface area contributed by atoms with Crippen molar-refractivity contribution in [2.45, 2.75) is 215 Å². The van der Waals surface area contributed by atoms with Gasteiger partial charge < -0.3 is 92.2 Å². The zero-order chi connectivity index (χ0) is 46.6. The number of ether oxygens (including phenoxy) is 13. The number of hydrogen-bond acceptors (Lipinski definition) is 19. The third kappa shape index (κ3) is 8.05. The molecule has 19 heteroatoms. The van der Waals surface area contributed by atoms with Gasteiger partial charge in [0.25, 0.3) is 0 Å². The molecule has 0 aromatic rings. The number of methoxy groups -OCH3 is 2. The number of aliphatic hydroxyl groups is 6. The minimum Gasteiger partial charge on any atom is -0.491 e. The molecule has 25 atom stereocenters. The van der Waals surface area contributed by atoms with Gasteiger partial charge in [-0.25, -0.2) is 0 Å². The zero-order valence-electron chi connectivity index (χ0n) is 39.0. The zero-order valence-corrected chi connectivity index (χ0v) is 39.0. The van der Waals surface area contributed by atoms with E-state index >= 15 is 0 Å². The molecule has 10 rings (SSSR count). The predicted octanol–water partition coefficient (Wildman–Crippen LogP) is 1.06. The summed E-state index contributed by atoms with van der Waals surface area (Å²) in [6.07, 6.45) is -9.40. The highest BCUT2D eigenvalue weighted by molar-refractivity contribution is 5.41. The Morgan fingerprint density at radius 1 is 0.712 bits per heavy atom. The van der Waals surface area contributed by atoms with Gasteiger partial charge >= 0.3 is 0 Å². The van der Waals surface area contributed by atoms with E-state index in [4.69, 9.17) is 61.6 Å². The summed E-state index contributed by atoms with van der Waals surface area (Å²) < 4.78 is 80.8. The van der Waals surface area contributed by atoms with Gasteiger partial charge in [0.05, 0.1) is 80.0 Å². The molecule has 66 heavy (non-hydrogen) atoms. The van der Waals surface area contributed by atoms with E-state index in [-0.39, 0.29) is 41.6 Å². The molecule has 7 heterocycles. The molecule has 8 fully saturated rings. The van der Waals surface area contributed by atoms with Crippen molar-refractivity contribution in [3.63, 3.8) is 0 Å². The van der Waals surface area contributed by atoms with E-state index in [1.54, 1.807) is 21.0 Å². The van der Waals surface area contributed by atoms with Gasteiger partial charge in [-0.1, -0.05) is 18.6 Å². The van der Waals surface area contributed by atoms with Gasteiger partial charge in [0, 0.05) is 33.5 Å². The van der Waals surface area contributed by atoms with E-state index in [2.05, 4.69) is 19.9 Å². The maximum Gasteiger partial charge on any atom is 0.187 e. The first-order valence-electron chi connectivity index (χ1n) is 24.2. The minimum absolute atomic E-state index is 0.0259. The number of hydrogen-bond donors (Lipinski definition) is 6. The van der Waals surface area contributed by atoms with Crippen molar-refractivity contribution in [3.8, 4) is 0 Å². The summed E-state index contributed by atoms with van der Waals surface area (Å²) in [5, 5.41) is 63.8. The van der Waals surface area contributed by atoms with E-state index in [0.29, 0.717) is 32.5 Å². The summed E-state index contributed by atoms with van der Waals surface area (Å²) in [4.78, 5) is 0. The Bertz CT molecular complexity index is 1800. The fourth-order valence-electron chi connectivity index (χ4n) is 13.7. The number of fused-ring (bicyclic) bond motifs is 3. The van der Waals surface area contributed by atoms with Crippen molar-refractivity contribution >= 4 is 0 Å². The summed E-state index contributed by atoms with van der Waals surface area (Å²) in [6.45, 7) is 10.4. The quantitative estimate of drug-likeness (QED) is 0.159. The first-order chi connectivity index (χ1) is 31.5. The summed E-state index contributed by atoms with van der Waals surface area (Å²) in [5.41, 5.74) is 2.36. The lowest BCUT2D eigenvalue weighted by Crippen LogP contribution is -2.62. The molecule has 1 spiro atoms. The lowest BCUT2D eigenvalue weighted by molar-refractivity contribution is -0.356. The van der Waals surface area contributed by atoms with E-state index in [9.17, 15) is 30.6 Å². The van der Waals surface area contributed by atoms with Crippen LogP contribution < -0.4 is 0 Å². The Balaban J connectivity index is 0.721. The third-order valence-corrected chi connectivity index (χ3v) is 17.1. The number of rotatable bonds is 11. The third-order valence-electron chi connectivity index (χ3n) is 17.1. The van der Waals surface area contributed by atoms with E-state index < -0.39 is 129 Å². The molecule has 7 aliphatic heterocycles. The molecule has 7 saturated heterocycles. The second-order valence-electron chi connectivity index (χ2n) is 21.0. The molecule has 0 amide bonds. The SMILES string of the molecule is CO[C@H]1C[C@H](O[C@@H]2CC3=CCC4=C5O[C@@H]6CO[C@]7(C)OC[C@@]5(CC[C@@H]4[C@@]3(C)C[C@H]2O)[C@H]67)O[C@H](C)[C@H]1O[C@H]1C[C@H](O)[C@H](O[C@H]2C[C@@H](OC)[C@@H](O[C@@H]3O[C@H](CO)[C@@H](O)[C@H](O)[C@H]3O)[C@H](C)O2)[C@@H](C)O1. The first kappa shape index (κ1) is 48.2. The van der Waals surface area contributed by atoms with Crippen LogP contribution in [0.2, 0.25) is 0 Å². The first-order valence-corrected chi connectivity index (χ1v) is 24.2. The van der Waals surface area contributed by atoms with Crippen molar-refractivity contribution in [3.05, 3.63) is 23.0 Å². The standard InChI is InChI=1S/C47H72O19/c1-20-39(64-35-15-30(55-7)41(22(3)60-35)66-44-38(53)37(52)36(51)31(17-48)63-44)26(49)13-33(58-20)65-40-21(2)59-34(14-29(40)54-6)61-28-12-23-8-9-24-25(45(23,4)16-27(28)50)10-11-47-19-57-46(5)42(47)32(18-56-46)62-43(24)47/h8,20-22,25-42,44,48-53H,9-19H2,1-7H3/t20-,21-,22+,25+,26+,27-,28-,29+,30-,31-,32-,33+,34+,35+,36-,37+,38-,39-,40-,41+,42-,44+,45+,46-,47+/m1/s1. The molecule has 10 aliphatic rings. The Kier molecular flexibility index (Phi) is 13.4. The highest BCUT2D eigenvalue weighted by atomic mass is 16.8. The summed E-state index contributed by atoms with van der Waals surface area (Å²) >= 11 is 0. The largest absolute Gasteiger partial charge is 0.491 e. The molecule has 3 aliphatic carbocycles. The van der Waals surface area contributed by atoms with Crippen LogP contribution in [0.15, 0.2) is 23.0 Å². The fourth-order valence-corrected chi connectivity index (χ4v) is 13.7. The fraction of sp³-hybridized carbons (Fsp3) is 0.915. The molecule has 19 nitrogen and oxygen atoms in total. The molecule has 0 radical (unpaired) electrons. The van der Waals surface area contributed by atoms with E-state index in [1.807, 2.05) is 6.92 Å². The molecule has 1 saturated carbocycles. The summed E-state index contributed by atoms with van der Waals surface area (Å²) in [6, 6.07) is 0. The van der Waals surface area contributed by atoms with Crippen molar-refractivity contribution < 1.29 is 92.2 Å². The molecule has 6 N–H and O–H groups in total. The lowest BCUT2D eigenvalue weighted by atomic mass is 9.52. The van der Waals surface area contributed by atoms with Gasteiger partial charge in [-0.2, -0.15) is 0 Å². The average Bonchev–Trinajstić information content (AvgIpc) is 3.92. The number of allylic oxidation sites excluding steroid dienone is 2. The Morgan fingerprint density at radius 3 is 2.02 bits per heavy atom. The van der Waals surface area contributed by atoms with Gasteiger partial charge in [-0.15, -0.1) is 0 Å². The summed E-state index contributed by atoms with van der Waals surface area (Å²) in [7, 11) is 3.12. The minimum atomic E-state index is -1.60. The molecule has 0 bridgehead atoms. The van der Waals surface area contributed by atoms with Crippen LogP contribution in [0.1, 0.15) is 86.0 Å². The van der Waals surface area contributed by atoms with Gasteiger partial charge in [0.1, 0.15) is 54.6 Å². The van der Waals surface area contributed by atoms with Crippen molar-refractivity contribution in [1.82, 2.24) is 0 Å². The topological polar surface area (TPSA) is 241 Å². The van der Waals surface area contributed by atoms with Crippen LogP contribution in [0.25, 0.3) is 0 Å². The Morgan fingerprint density at radius 2 is 1.35 bits per heavy atom. The Labute approximate surface area is 385 Å². The van der Waals surface area contributed by atoms with Crippen molar-refractivity contribution in [1.29, 1.82) is 0 Å². The van der Waals surface area contributed by atoms with Crippen LogP contribution in [0, 0.1) is 22.7 Å². The van der Waals surface area contributed by atoms with E-state index in [1.165, 1.54) is 18.3 Å². The van der Waals surface area contributed by atoms with Crippen LogP contribution in [0.4, 0.5) is 0 Å². The van der Waals surface area contributed by atoms with Crippen LogP contribution in [-0.2, 0) is 61.6 Å². The summed E-state index contributed by atoms with van der Waals surface area (Å²) in [5.74, 6) is 1.05. The second-order valence-corrected chi connectivity index (χ2v) is 21.0. The molecular formula is C47H72O19. The smallest absolute Gasteiger partial charge is 0.187 e. The molecular weight excluding hydrogens is 868 g/mol. The number of aliphatic hydroxyl groups excluding tert-OH is 6. The van der Waals surface area contributed by atoms with Gasteiger partial charge in [-0.3, -0.25) is 0 Å². The monoisotopic (exact) mass is 940 g/mol. The average molecular weight is 941 g/mol. The molecule has 374 valence electrons. The normalized spacial score (nSPS) is 54.5. The van der Waals surface area contributed by atoms with Crippen molar-refractivity contribution in [2.24, 2.45) is 22.7 Å². The van der Waals surface area contributed by atoms with E-state index in [0.717, 1.165) is 25.0 Å². The highest BCUT2D eigenvalue weighted by Crippen LogP contribution is 2.69. The van der Waals surface area contributed by atoms with Crippen LogP contribution in [0.3, 0.4) is 0 Å². The van der Waals surface area contributed by atoms with Gasteiger partial charge in [-0.05, 0) is 76.7 Å². The van der Waals surface area contributed by atoms with Crippen LogP contribution in [-0.4, -0.2) is 193 Å². The molecule has 0 aromatic carbocycles. The maximum atomic E-state index is 11.8. The Hall–Kier alpha value is -1.44. The van der Waals surface area contributed by atoms with Crippen LogP contribution in [0.5, 0.6) is 0 Å². The van der Waals surface area contributed by atoms with Gasteiger partial charge in [0.2, 0.25) is 0 Å². The highest BCUT2D eigenvalue weighted by Gasteiger charge is 2.72. The van der Waals surface area contributed by atoms with Crippen LogP contribution >= 0.6 is 0 Å². The molecule has 0 unspecified atom stereocenters. The lowest BCUT2D eigenvalue weighted by Gasteiger charge is -2.53. The van der Waals surface area contributed by atoms with Crippen molar-refractivity contribution in [2.75, 3.05) is 34.0 Å².